The predicted octanol–water partition coefficient (Wildman–Crippen LogP) is 2.79. The molecule has 7 heteroatoms. The fraction of sp³-hybridized carbons (Fsp3) is 0.500. The molecule has 106 valence electrons. The SMILES string of the molecule is Cc1cc(N(C)CCC(F)(F)F)c(C(=O)O)c(C)n1. The summed E-state index contributed by atoms with van der Waals surface area (Å²) in [6.45, 7) is 2.89. The van der Waals surface area contributed by atoms with E-state index in [0.29, 0.717) is 11.4 Å². The Morgan fingerprint density at radius 3 is 2.47 bits per heavy atom. The fourth-order valence-electron chi connectivity index (χ4n) is 1.79. The van der Waals surface area contributed by atoms with E-state index in [1.54, 1.807) is 6.92 Å². The molecule has 0 aromatic carbocycles. The second kappa shape index (κ2) is 5.46. The molecule has 0 aliphatic rings. The number of aromatic nitrogens is 1. The lowest BCUT2D eigenvalue weighted by Crippen LogP contribution is -2.26. The third-order valence-corrected chi connectivity index (χ3v) is 2.66. The lowest BCUT2D eigenvalue weighted by molar-refractivity contribution is -0.132. The van der Waals surface area contributed by atoms with E-state index >= 15 is 0 Å². The fourth-order valence-corrected chi connectivity index (χ4v) is 1.79. The number of carboxylic acid groups (broad SMARTS) is 1. The van der Waals surface area contributed by atoms with Gasteiger partial charge in [0.2, 0.25) is 0 Å². The first-order valence-corrected chi connectivity index (χ1v) is 5.61. The van der Waals surface area contributed by atoms with Gasteiger partial charge in [-0.2, -0.15) is 13.2 Å². The van der Waals surface area contributed by atoms with E-state index in [4.69, 9.17) is 5.11 Å². The Morgan fingerprint density at radius 2 is 2.00 bits per heavy atom. The number of hydrogen-bond acceptors (Lipinski definition) is 3. The van der Waals surface area contributed by atoms with Crippen LogP contribution in [0.5, 0.6) is 0 Å². The van der Waals surface area contributed by atoms with Gasteiger partial charge < -0.3 is 10.0 Å². The van der Waals surface area contributed by atoms with Crippen LogP contribution < -0.4 is 4.90 Å². The Labute approximate surface area is 108 Å². The summed E-state index contributed by atoms with van der Waals surface area (Å²) in [5.41, 5.74) is 1.05. The molecule has 1 aromatic heterocycles. The summed E-state index contributed by atoms with van der Waals surface area (Å²) in [5, 5.41) is 9.13. The average Bonchev–Trinajstić information content (AvgIpc) is 2.22. The number of halogens is 3. The van der Waals surface area contributed by atoms with Gasteiger partial charge in [0.25, 0.3) is 0 Å². The predicted molar refractivity (Wildman–Crippen MR) is 64.6 cm³/mol. The van der Waals surface area contributed by atoms with Gasteiger partial charge >= 0.3 is 12.1 Å². The molecule has 1 aromatic rings. The number of alkyl halides is 3. The molecule has 0 bridgehead atoms. The van der Waals surface area contributed by atoms with Crippen molar-refractivity contribution in [3.63, 3.8) is 0 Å². The Hall–Kier alpha value is -1.79. The first kappa shape index (κ1) is 15.3. The van der Waals surface area contributed by atoms with Crippen molar-refractivity contribution in [2.24, 2.45) is 0 Å². The zero-order valence-corrected chi connectivity index (χ0v) is 10.9. The molecular formula is C12H15F3N2O2. The zero-order valence-electron chi connectivity index (χ0n) is 10.9. The number of hydrogen-bond donors (Lipinski definition) is 1. The smallest absolute Gasteiger partial charge is 0.390 e. The quantitative estimate of drug-likeness (QED) is 0.918. The molecule has 1 heterocycles. The summed E-state index contributed by atoms with van der Waals surface area (Å²) in [6, 6.07) is 1.48. The number of carbonyl (C=O) groups is 1. The van der Waals surface area contributed by atoms with Gasteiger partial charge in [0.1, 0.15) is 5.56 Å². The van der Waals surface area contributed by atoms with Crippen LogP contribution in [0.25, 0.3) is 0 Å². The molecule has 0 fully saturated rings. The maximum absolute atomic E-state index is 12.2. The van der Waals surface area contributed by atoms with Gasteiger partial charge in [0.15, 0.2) is 0 Å². The normalized spacial score (nSPS) is 11.5. The number of rotatable bonds is 4. The minimum Gasteiger partial charge on any atom is -0.478 e. The van der Waals surface area contributed by atoms with E-state index in [1.807, 2.05) is 0 Å². The number of carboxylic acids is 1. The average molecular weight is 276 g/mol. The molecule has 0 radical (unpaired) electrons. The van der Waals surface area contributed by atoms with Crippen molar-refractivity contribution in [2.75, 3.05) is 18.5 Å². The molecule has 0 aliphatic carbocycles. The van der Waals surface area contributed by atoms with Crippen molar-refractivity contribution in [2.45, 2.75) is 26.4 Å². The molecule has 0 amide bonds. The van der Waals surface area contributed by atoms with Crippen molar-refractivity contribution >= 4 is 11.7 Å². The zero-order chi connectivity index (χ0) is 14.8. The van der Waals surface area contributed by atoms with Crippen LogP contribution in [0.15, 0.2) is 6.07 Å². The van der Waals surface area contributed by atoms with Crippen LogP contribution in [-0.2, 0) is 0 Å². The van der Waals surface area contributed by atoms with E-state index in [1.165, 1.54) is 24.9 Å². The molecule has 0 saturated heterocycles. The van der Waals surface area contributed by atoms with Crippen molar-refractivity contribution in [3.8, 4) is 0 Å². The van der Waals surface area contributed by atoms with Gasteiger partial charge in [-0.05, 0) is 19.9 Å². The lowest BCUT2D eigenvalue weighted by atomic mass is 10.1. The molecule has 0 spiro atoms. The molecule has 1 rings (SSSR count). The number of pyridine rings is 1. The second-order valence-electron chi connectivity index (χ2n) is 4.34. The maximum atomic E-state index is 12.2. The molecular weight excluding hydrogens is 261 g/mol. The Kier molecular flexibility index (Phi) is 4.39. The Bertz CT molecular complexity index is 487. The highest BCUT2D eigenvalue weighted by Gasteiger charge is 2.28. The monoisotopic (exact) mass is 276 g/mol. The molecule has 0 saturated carbocycles. The van der Waals surface area contributed by atoms with Crippen LogP contribution in [0.2, 0.25) is 0 Å². The van der Waals surface area contributed by atoms with Crippen LogP contribution in [0, 0.1) is 13.8 Å². The van der Waals surface area contributed by atoms with Crippen LogP contribution >= 0.6 is 0 Å². The van der Waals surface area contributed by atoms with E-state index in [2.05, 4.69) is 4.98 Å². The molecule has 0 atom stereocenters. The number of aromatic carboxylic acids is 1. The molecule has 1 N–H and O–H groups in total. The van der Waals surface area contributed by atoms with Gasteiger partial charge in [-0.1, -0.05) is 0 Å². The van der Waals surface area contributed by atoms with Crippen molar-refractivity contribution in [1.29, 1.82) is 0 Å². The van der Waals surface area contributed by atoms with Gasteiger partial charge in [0.05, 0.1) is 17.8 Å². The number of nitrogens with zero attached hydrogens (tertiary/aromatic N) is 2. The van der Waals surface area contributed by atoms with Crippen LogP contribution in [0.1, 0.15) is 28.2 Å². The van der Waals surface area contributed by atoms with Crippen molar-refractivity contribution < 1.29 is 23.1 Å². The summed E-state index contributed by atoms with van der Waals surface area (Å²) >= 11 is 0. The van der Waals surface area contributed by atoms with Crippen molar-refractivity contribution in [3.05, 3.63) is 23.0 Å². The van der Waals surface area contributed by atoms with Gasteiger partial charge in [-0.15, -0.1) is 0 Å². The summed E-state index contributed by atoms with van der Waals surface area (Å²) in [7, 11) is 1.44. The standard InChI is InChI=1S/C12H15F3N2O2/c1-7-6-9(10(11(18)19)8(2)16-7)17(3)5-4-12(13,14)15/h6H,4-5H2,1-3H3,(H,18,19). The molecule has 0 unspecified atom stereocenters. The second-order valence-corrected chi connectivity index (χ2v) is 4.34. The number of aryl methyl sites for hydroxylation is 2. The first-order valence-electron chi connectivity index (χ1n) is 5.61. The van der Waals surface area contributed by atoms with Gasteiger partial charge in [-0.25, -0.2) is 4.79 Å². The first-order chi connectivity index (χ1) is 8.61. The van der Waals surface area contributed by atoms with Crippen molar-refractivity contribution in [1.82, 2.24) is 4.98 Å². The van der Waals surface area contributed by atoms with E-state index in [0.717, 1.165) is 0 Å². The van der Waals surface area contributed by atoms with Gasteiger partial charge in [-0.3, -0.25) is 4.98 Å². The van der Waals surface area contributed by atoms with Crippen LogP contribution in [-0.4, -0.2) is 35.8 Å². The van der Waals surface area contributed by atoms with Gasteiger partial charge in [0, 0.05) is 19.3 Å². The summed E-state index contributed by atoms with van der Waals surface area (Å²) in [6.07, 6.45) is -5.27. The minimum atomic E-state index is -4.27. The van der Waals surface area contributed by atoms with E-state index in [9.17, 15) is 18.0 Å². The summed E-state index contributed by atoms with van der Waals surface area (Å²) in [4.78, 5) is 16.5. The highest BCUT2D eigenvalue weighted by molar-refractivity contribution is 5.95. The minimum absolute atomic E-state index is 0.0599. The third kappa shape index (κ3) is 4.11. The molecule has 19 heavy (non-hydrogen) atoms. The number of anilines is 1. The molecule has 0 aliphatic heterocycles. The summed E-state index contributed by atoms with van der Waals surface area (Å²) in [5.74, 6) is -1.20. The summed E-state index contributed by atoms with van der Waals surface area (Å²) < 4.78 is 36.6. The van der Waals surface area contributed by atoms with E-state index in [-0.39, 0.29) is 17.8 Å². The highest BCUT2D eigenvalue weighted by Crippen LogP contribution is 2.26. The van der Waals surface area contributed by atoms with E-state index < -0.39 is 18.6 Å². The highest BCUT2D eigenvalue weighted by atomic mass is 19.4. The Morgan fingerprint density at radius 1 is 1.42 bits per heavy atom. The molecule has 4 nitrogen and oxygen atoms in total. The lowest BCUT2D eigenvalue weighted by Gasteiger charge is -2.23. The Balaban J connectivity index is 3.08. The van der Waals surface area contributed by atoms with Crippen LogP contribution in [0.4, 0.5) is 18.9 Å². The topological polar surface area (TPSA) is 53.4 Å². The largest absolute Gasteiger partial charge is 0.478 e. The third-order valence-electron chi connectivity index (χ3n) is 2.66. The van der Waals surface area contributed by atoms with Crippen LogP contribution in [0.3, 0.4) is 0 Å². The maximum Gasteiger partial charge on any atom is 0.390 e.